The molecule has 2 heteroatoms. The minimum Gasteiger partial charge on any atom is -0.348 e. The van der Waals surface area contributed by atoms with E-state index in [4.69, 9.17) is 7.85 Å². The molecule has 0 aromatic heterocycles. The van der Waals surface area contributed by atoms with E-state index in [0.29, 0.717) is 0 Å². The molecule has 0 aliphatic carbocycles. The largest absolute Gasteiger partial charge is 0.348 e. The predicted molar refractivity (Wildman–Crippen MR) is 23.4 cm³/mol. The van der Waals surface area contributed by atoms with Crippen LogP contribution >= 0.6 is 0 Å². The van der Waals surface area contributed by atoms with Crippen molar-refractivity contribution in [2.45, 2.75) is 0 Å². The van der Waals surface area contributed by atoms with Crippen LogP contribution in [0.2, 0.25) is 0 Å². The smallest absolute Gasteiger partial charge is 0.149 e. The van der Waals surface area contributed by atoms with Crippen LogP contribution in [0.1, 0.15) is 0 Å². The topological polar surface area (TPSA) is 4.44 Å². The minimum absolute atomic E-state index is 0.722. The molecule has 0 saturated carbocycles. The Balaban J connectivity index is 2.54. The first-order valence-electron chi connectivity index (χ1n) is 1.76. The number of nitrogens with one attached hydrogen (secondary N) is 1. The predicted octanol–water partition coefficient (Wildman–Crippen LogP) is -1.74. The fourth-order valence-electron chi connectivity index (χ4n) is 0. The lowest BCUT2D eigenvalue weighted by atomic mass is 10.1. The van der Waals surface area contributed by atoms with Gasteiger partial charge in [-0.15, -0.1) is 0 Å². The van der Waals surface area contributed by atoms with Crippen LogP contribution in [-0.2, 0) is 0 Å². The number of hydrogen-bond donors (Lipinski definition) is 1. The summed E-state index contributed by atoms with van der Waals surface area (Å²) in [5.74, 6) is 0. The summed E-state index contributed by atoms with van der Waals surface area (Å²) in [6.45, 7) is 0. The molecule has 0 unspecified atom stereocenters. The number of quaternary nitrogens is 1. The summed E-state index contributed by atoms with van der Waals surface area (Å²) in [4.78, 5) is 1.28. The molecule has 5 heavy (non-hydrogen) atoms. The van der Waals surface area contributed by atoms with Crippen LogP contribution in [0, 0.1) is 0 Å². The summed E-state index contributed by atoms with van der Waals surface area (Å²) in [5, 5.41) is 0. The summed E-state index contributed by atoms with van der Waals surface area (Å²) in [5.41, 5.74) is 0. The zero-order valence-electron chi connectivity index (χ0n) is 3.78. The Bertz CT molecular complexity index is 20.9. The van der Waals surface area contributed by atoms with Gasteiger partial charge in [-0.25, -0.2) is 0 Å². The van der Waals surface area contributed by atoms with E-state index in [0.717, 1.165) is 6.44 Å². The van der Waals surface area contributed by atoms with E-state index >= 15 is 0 Å². The Morgan fingerprint density at radius 2 is 1.80 bits per heavy atom. The molecule has 1 nitrogen and oxygen atoms in total. The van der Waals surface area contributed by atoms with Gasteiger partial charge in [0, 0.05) is 6.44 Å². The fraction of sp³-hybridized carbons (Fsp3) is 1.00. The third-order valence-corrected chi connectivity index (χ3v) is 0.408. The van der Waals surface area contributed by atoms with Crippen molar-refractivity contribution in [2.75, 3.05) is 20.5 Å². The van der Waals surface area contributed by atoms with Crippen molar-refractivity contribution in [3.05, 3.63) is 0 Å². The minimum atomic E-state index is 0.722. The molecule has 0 aliphatic rings. The lowest BCUT2D eigenvalue weighted by Gasteiger charge is -1.98. The maximum absolute atomic E-state index is 5.13. The van der Waals surface area contributed by atoms with Gasteiger partial charge in [0.05, 0.1) is 14.1 Å². The summed E-state index contributed by atoms with van der Waals surface area (Å²) in [6, 6.07) is 0. The van der Waals surface area contributed by atoms with Crippen molar-refractivity contribution in [2.24, 2.45) is 0 Å². The van der Waals surface area contributed by atoms with Crippen LogP contribution in [0.15, 0.2) is 0 Å². The van der Waals surface area contributed by atoms with Gasteiger partial charge in [-0.2, -0.15) is 0 Å². The summed E-state index contributed by atoms with van der Waals surface area (Å²) < 4.78 is 0. The molecular weight excluding hydrogens is 60.9 g/mol. The van der Waals surface area contributed by atoms with Gasteiger partial charge in [0.1, 0.15) is 7.85 Å². The quantitative estimate of drug-likeness (QED) is 0.349. The average Bonchev–Trinajstić information content (AvgIpc) is 1.38. The van der Waals surface area contributed by atoms with Crippen LogP contribution in [0.4, 0.5) is 0 Å². The van der Waals surface area contributed by atoms with Crippen LogP contribution in [-0.4, -0.2) is 28.4 Å². The second kappa shape index (κ2) is 2.27. The highest BCUT2D eigenvalue weighted by Crippen LogP contribution is 1.12. The van der Waals surface area contributed by atoms with E-state index in [1.165, 1.54) is 4.90 Å². The summed E-state index contributed by atoms with van der Waals surface area (Å²) >= 11 is 0. The van der Waals surface area contributed by atoms with E-state index in [2.05, 4.69) is 0 Å². The van der Waals surface area contributed by atoms with E-state index in [1.807, 2.05) is 14.1 Å². The Morgan fingerprint density at radius 3 is 1.80 bits per heavy atom. The van der Waals surface area contributed by atoms with E-state index in [9.17, 15) is 0 Å². The van der Waals surface area contributed by atoms with Crippen LogP contribution < -0.4 is 4.90 Å². The van der Waals surface area contributed by atoms with Crippen molar-refractivity contribution < 1.29 is 4.90 Å². The molecule has 0 spiro atoms. The van der Waals surface area contributed by atoms with Crippen molar-refractivity contribution in [1.82, 2.24) is 0 Å². The Kier molecular flexibility index (Phi) is 2.28. The Hall–Kier alpha value is 0.0249. The molecule has 0 aliphatic heterocycles. The molecule has 0 saturated heterocycles. The van der Waals surface area contributed by atoms with Gasteiger partial charge in [0.15, 0.2) is 0 Å². The van der Waals surface area contributed by atoms with Crippen molar-refractivity contribution in [1.29, 1.82) is 0 Å². The van der Waals surface area contributed by atoms with E-state index in [1.54, 1.807) is 0 Å². The van der Waals surface area contributed by atoms with Gasteiger partial charge in [-0.1, -0.05) is 0 Å². The summed E-state index contributed by atoms with van der Waals surface area (Å²) in [7, 11) is 9.16. The van der Waals surface area contributed by atoms with Crippen molar-refractivity contribution in [3.63, 3.8) is 0 Å². The molecule has 0 aromatic carbocycles. The van der Waals surface area contributed by atoms with Crippen LogP contribution in [0.25, 0.3) is 0 Å². The van der Waals surface area contributed by atoms with Gasteiger partial charge in [-0.05, 0) is 0 Å². The fourth-order valence-corrected chi connectivity index (χ4v) is 0. The van der Waals surface area contributed by atoms with Gasteiger partial charge in [-0.3, -0.25) is 0 Å². The first kappa shape index (κ1) is 5.02. The first-order chi connectivity index (χ1) is 2.27. The molecule has 1 N–H and O–H groups in total. The van der Waals surface area contributed by atoms with Gasteiger partial charge < -0.3 is 4.90 Å². The second-order valence-corrected chi connectivity index (χ2v) is 1.41. The molecule has 2 radical (unpaired) electrons. The highest BCUT2D eigenvalue weighted by atomic mass is 15.0. The standard InChI is InChI=1S/C3H8BN/c1-5(2)3-4/h3H2,1-2H3/p+1. The van der Waals surface area contributed by atoms with E-state index < -0.39 is 0 Å². The molecule has 0 atom stereocenters. The van der Waals surface area contributed by atoms with Crippen LogP contribution in [0.5, 0.6) is 0 Å². The van der Waals surface area contributed by atoms with Gasteiger partial charge in [0.2, 0.25) is 0 Å². The highest BCUT2D eigenvalue weighted by Gasteiger charge is 1.75. The molecule has 0 bridgehead atoms. The molecule has 0 aromatic rings. The molecule has 0 amide bonds. The highest BCUT2D eigenvalue weighted by molar-refractivity contribution is 6.07. The average molecular weight is 69.9 g/mol. The molecule has 0 fully saturated rings. The maximum atomic E-state index is 5.13. The van der Waals surface area contributed by atoms with Gasteiger partial charge >= 0.3 is 0 Å². The second-order valence-electron chi connectivity index (χ2n) is 1.41. The van der Waals surface area contributed by atoms with Crippen molar-refractivity contribution in [3.8, 4) is 0 Å². The third kappa shape index (κ3) is 4.02. The summed E-state index contributed by atoms with van der Waals surface area (Å²) in [6.07, 6.45) is 0.722. The van der Waals surface area contributed by atoms with Crippen molar-refractivity contribution >= 4 is 7.85 Å². The van der Waals surface area contributed by atoms with Gasteiger partial charge in [0.25, 0.3) is 0 Å². The number of hydrogen-bond acceptors (Lipinski definition) is 0. The molecule has 28 valence electrons. The zero-order chi connectivity index (χ0) is 4.28. The van der Waals surface area contributed by atoms with E-state index in [-0.39, 0.29) is 0 Å². The first-order valence-corrected chi connectivity index (χ1v) is 1.76. The van der Waals surface area contributed by atoms with Crippen LogP contribution in [0.3, 0.4) is 0 Å². The Morgan fingerprint density at radius 1 is 1.60 bits per heavy atom. The SMILES string of the molecule is [B]C[NH+](C)C. The monoisotopic (exact) mass is 70.1 g/mol. The molecule has 0 heterocycles. The lowest BCUT2D eigenvalue weighted by molar-refractivity contribution is -0.845. The lowest BCUT2D eigenvalue weighted by Crippen LogP contribution is -3.05. The third-order valence-electron chi connectivity index (χ3n) is 0.408. The molecular formula is C3H9BN+. The number of rotatable bonds is 1. The maximum Gasteiger partial charge on any atom is 0.149 e. The molecule has 0 rings (SSSR count). The normalized spacial score (nSPS) is 9.40. The Labute approximate surface area is 34.4 Å². The zero-order valence-corrected chi connectivity index (χ0v) is 3.78.